The third kappa shape index (κ3) is 3.78. The third-order valence-corrected chi connectivity index (χ3v) is 4.63. The lowest BCUT2D eigenvalue weighted by molar-refractivity contribution is -0.133. The molecule has 3 unspecified atom stereocenters. The Kier molecular flexibility index (Phi) is 5.28. The fraction of sp³-hybridized carbons (Fsp3) is 0.588. The lowest BCUT2D eigenvalue weighted by Gasteiger charge is -2.27. The van der Waals surface area contributed by atoms with Crippen LogP contribution < -0.4 is 0 Å². The number of aliphatic hydroxyl groups excluding tert-OH is 1. The van der Waals surface area contributed by atoms with Crippen LogP contribution in [0.4, 0.5) is 0 Å². The van der Waals surface area contributed by atoms with Crippen molar-refractivity contribution >= 4 is 17.5 Å². The fourth-order valence-electron chi connectivity index (χ4n) is 3.06. The number of nitrogens with zero attached hydrogens (tertiary/aromatic N) is 1. The van der Waals surface area contributed by atoms with E-state index in [1.54, 1.807) is 6.92 Å². The molecule has 1 amide bonds. The lowest BCUT2D eigenvalue weighted by atomic mass is 9.87. The molecule has 1 aliphatic heterocycles. The Balaban J connectivity index is 2.15. The van der Waals surface area contributed by atoms with E-state index in [2.05, 4.69) is 13.8 Å². The van der Waals surface area contributed by atoms with Gasteiger partial charge in [-0.3, -0.25) is 4.79 Å². The number of halogens is 1. The van der Waals surface area contributed by atoms with Crippen molar-refractivity contribution in [2.45, 2.75) is 39.2 Å². The van der Waals surface area contributed by atoms with Gasteiger partial charge in [-0.15, -0.1) is 0 Å². The van der Waals surface area contributed by atoms with E-state index in [0.29, 0.717) is 11.6 Å². The molecule has 116 valence electrons. The maximum atomic E-state index is 12.9. The van der Waals surface area contributed by atoms with Crippen LogP contribution in [0.1, 0.15) is 38.7 Å². The molecule has 0 radical (unpaired) electrons. The molecule has 0 spiro atoms. The van der Waals surface area contributed by atoms with Crippen LogP contribution in [0.15, 0.2) is 24.3 Å². The molecule has 0 bridgehead atoms. The summed E-state index contributed by atoms with van der Waals surface area (Å²) < 4.78 is 0. The summed E-state index contributed by atoms with van der Waals surface area (Å²) in [5.74, 6) is 0.446. The Morgan fingerprint density at radius 2 is 1.90 bits per heavy atom. The highest BCUT2D eigenvalue weighted by atomic mass is 35.5. The Morgan fingerprint density at radius 3 is 2.38 bits per heavy atom. The number of rotatable bonds is 4. The SMILES string of the molecule is CC(C)C(C(=O)N1CCC(C(C)O)C1)c1ccc(Cl)cc1. The van der Waals surface area contributed by atoms with Crippen LogP contribution in [0, 0.1) is 11.8 Å². The smallest absolute Gasteiger partial charge is 0.230 e. The number of amides is 1. The molecule has 1 fully saturated rings. The first-order valence-electron chi connectivity index (χ1n) is 7.62. The maximum absolute atomic E-state index is 12.9. The van der Waals surface area contributed by atoms with E-state index in [4.69, 9.17) is 11.6 Å². The number of likely N-dealkylation sites (tertiary alicyclic amines) is 1. The molecule has 1 N–H and O–H groups in total. The largest absolute Gasteiger partial charge is 0.393 e. The molecule has 2 rings (SSSR count). The lowest BCUT2D eigenvalue weighted by Crippen LogP contribution is -2.36. The predicted molar refractivity (Wildman–Crippen MR) is 85.4 cm³/mol. The molecule has 3 nitrogen and oxygen atoms in total. The molecule has 4 heteroatoms. The van der Waals surface area contributed by atoms with Gasteiger partial charge in [-0.05, 0) is 37.0 Å². The van der Waals surface area contributed by atoms with Gasteiger partial charge >= 0.3 is 0 Å². The van der Waals surface area contributed by atoms with E-state index < -0.39 is 0 Å². The molecule has 0 aromatic heterocycles. The van der Waals surface area contributed by atoms with Crippen molar-refractivity contribution in [1.29, 1.82) is 0 Å². The van der Waals surface area contributed by atoms with Crippen LogP contribution in [0.2, 0.25) is 5.02 Å². The highest BCUT2D eigenvalue weighted by molar-refractivity contribution is 6.30. The predicted octanol–water partition coefficient (Wildman–Crippen LogP) is 3.31. The monoisotopic (exact) mass is 309 g/mol. The van der Waals surface area contributed by atoms with Crippen molar-refractivity contribution in [3.8, 4) is 0 Å². The van der Waals surface area contributed by atoms with Gasteiger partial charge in [0.25, 0.3) is 0 Å². The minimum atomic E-state index is -0.351. The summed E-state index contributed by atoms with van der Waals surface area (Å²) in [5.41, 5.74) is 1.01. The maximum Gasteiger partial charge on any atom is 0.230 e. The van der Waals surface area contributed by atoms with Crippen LogP contribution in [0.5, 0.6) is 0 Å². The second-order valence-corrected chi connectivity index (χ2v) is 6.78. The van der Waals surface area contributed by atoms with Crippen molar-refractivity contribution in [3.63, 3.8) is 0 Å². The summed E-state index contributed by atoms with van der Waals surface area (Å²) in [5, 5.41) is 10.4. The normalized spacial score (nSPS) is 21.6. The molecule has 1 heterocycles. The average molecular weight is 310 g/mol. The molecule has 1 aromatic carbocycles. The van der Waals surface area contributed by atoms with Crippen LogP contribution in [-0.2, 0) is 4.79 Å². The van der Waals surface area contributed by atoms with E-state index in [0.717, 1.165) is 18.5 Å². The van der Waals surface area contributed by atoms with Gasteiger partial charge in [-0.2, -0.15) is 0 Å². The first kappa shape index (κ1) is 16.3. The number of hydrogen-bond donors (Lipinski definition) is 1. The molecule has 0 saturated carbocycles. The number of aliphatic hydroxyl groups is 1. The van der Waals surface area contributed by atoms with Gasteiger partial charge in [-0.1, -0.05) is 37.6 Å². The van der Waals surface area contributed by atoms with Crippen LogP contribution in [0.3, 0.4) is 0 Å². The molecule has 1 aromatic rings. The molecular formula is C17H24ClNO2. The Hall–Kier alpha value is -1.06. The second kappa shape index (κ2) is 6.80. The van der Waals surface area contributed by atoms with Crippen molar-refractivity contribution in [2.24, 2.45) is 11.8 Å². The van der Waals surface area contributed by atoms with E-state index in [9.17, 15) is 9.90 Å². The fourth-order valence-corrected chi connectivity index (χ4v) is 3.19. The average Bonchev–Trinajstić information content (AvgIpc) is 2.90. The van der Waals surface area contributed by atoms with E-state index in [-0.39, 0.29) is 29.8 Å². The molecule has 1 saturated heterocycles. The van der Waals surface area contributed by atoms with E-state index in [1.807, 2.05) is 29.2 Å². The number of hydrogen-bond acceptors (Lipinski definition) is 2. The van der Waals surface area contributed by atoms with Gasteiger partial charge in [0.2, 0.25) is 5.91 Å². The van der Waals surface area contributed by atoms with Crippen molar-refractivity contribution in [2.75, 3.05) is 13.1 Å². The molecule has 21 heavy (non-hydrogen) atoms. The highest BCUT2D eigenvalue weighted by Crippen LogP contribution is 2.30. The van der Waals surface area contributed by atoms with E-state index >= 15 is 0 Å². The Labute approximate surface area is 131 Å². The summed E-state index contributed by atoms with van der Waals surface area (Å²) in [6, 6.07) is 7.55. The summed E-state index contributed by atoms with van der Waals surface area (Å²) in [7, 11) is 0. The van der Waals surface area contributed by atoms with Crippen molar-refractivity contribution < 1.29 is 9.90 Å². The van der Waals surface area contributed by atoms with E-state index in [1.165, 1.54) is 0 Å². The number of benzene rings is 1. The van der Waals surface area contributed by atoms with Gasteiger partial charge in [0.1, 0.15) is 0 Å². The first-order valence-corrected chi connectivity index (χ1v) is 8.00. The zero-order valence-corrected chi connectivity index (χ0v) is 13.7. The van der Waals surface area contributed by atoms with Crippen molar-refractivity contribution in [3.05, 3.63) is 34.9 Å². The zero-order valence-electron chi connectivity index (χ0n) is 12.9. The van der Waals surface area contributed by atoms with Gasteiger partial charge in [0.15, 0.2) is 0 Å². The topological polar surface area (TPSA) is 40.5 Å². The summed E-state index contributed by atoms with van der Waals surface area (Å²) in [6.45, 7) is 7.34. The van der Waals surface area contributed by atoms with Gasteiger partial charge in [0, 0.05) is 24.0 Å². The number of carbonyl (C=O) groups is 1. The molecule has 0 aliphatic carbocycles. The Morgan fingerprint density at radius 1 is 1.29 bits per heavy atom. The molecule has 3 atom stereocenters. The summed E-state index contributed by atoms with van der Waals surface area (Å²) in [6.07, 6.45) is 0.533. The van der Waals surface area contributed by atoms with Crippen LogP contribution in [0.25, 0.3) is 0 Å². The summed E-state index contributed by atoms with van der Waals surface area (Å²) >= 11 is 5.93. The zero-order chi connectivity index (χ0) is 15.6. The summed E-state index contributed by atoms with van der Waals surface area (Å²) in [4.78, 5) is 14.8. The van der Waals surface area contributed by atoms with Gasteiger partial charge < -0.3 is 10.0 Å². The van der Waals surface area contributed by atoms with Gasteiger partial charge in [-0.25, -0.2) is 0 Å². The van der Waals surface area contributed by atoms with Crippen molar-refractivity contribution in [1.82, 2.24) is 4.90 Å². The minimum absolute atomic E-state index is 0.144. The molecular weight excluding hydrogens is 286 g/mol. The highest BCUT2D eigenvalue weighted by Gasteiger charge is 2.34. The van der Waals surface area contributed by atoms with Gasteiger partial charge in [0.05, 0.1) is 12.0 Å². The second-order valence-electron chi connectivity index (χ2n) is 6.35. The third-order valence-electron chi connectivity index (χ3n) is 4.38. The Bertz CT molecular complexity index is 484. The van der Waals surface area contributed by atoms with Crippen LogP contribution >= 0.6 is 11.6 Å². The van der Waals surface area contributed by atoms with Crippen LogP contribution in [-0.4, -0.2) is 35.1 Å². The number of carbonyl (C=O) groups excluding carboxylic acids is 1. The first-order chi connectivity index (χ1) is 9.90. The standard InChI is InChI=1S/C17H24ClNO2/c1-11(2)16(13-4-6-15(18)7-5-13)17(21)19-9-8-14(10-19)12(3)20/h4-7,11-12,14,16,20H,8-10H2,1-3H3. The molecule has 1 aliphatic rings. The minimum Gasteiger partial charge on any atom is -0.393 e. The quantitative estimate of drug-likeness (QED) is 0.927.